The lowest BCUT2D eigenvalue weighted by Gasteiger charge is -2.03. The maximum atomic E-state index is 12.2. The number of rotatable bonds is 2. The fraction of sp³-hybridized carbons (Fsp3) is 0.0833. The fourth-order valence-corrected chi connectivity index (χ4v) is 2.73. The summed E-state index contributed by atoms with van der Waals surface area (Å²) in [7, 11) is 0. The number of hydrogen-bond acceptors (Lipinski definition) is 2. The minimum Gasteiger partial charge on any atom is -0.289 e. The smallest absolute Gasteiger partial charge is 0.195 e. The van der Waals surface area contributed by atoms with Crippen molar-refractivity contribution in [2.75, 3.05) is 0 Å². The molecule has 0 spiro atoms. The summed E-state index contributed by atoms with van der Waals surface area (Å²) in [6.45, 7) is 1.94. The molecule has 0 saturated heterocycles. The Kier molecular flexibility index (Phi) is 3.47. The zero-order valence-electron chi connectivity index (χ0n) is 8.46. The fourth-order valence-electron chi connectivity index (χ4n) is 1.44. The SMILES string of the molecule is Cc1sccc1C(=O)c1cc(Cl)ccc1Br. The number of aryl methyl sites for hydroxylation is 1. The predicted octanol–water partition coefficient (Wildman–Crippen LogP) is 4.70. The minimum atomic E-state index is 0.00752. The number of ketones is 1. The van der Waals surface area contributed by atoms with Gasteiger partial charge in [-0.3, -0.25) is 4.79 Å². The van der Waals surface area contributed by atoms with Crippen LogP contribution in [-0.2, 0) is 0 Å². The molecule has 82 valence electrons. The molecule has 2 rings (SSSR count). The van der Waals surface area contributed by atoms with Gasteiger partial charge in [0.05, 0.1) is 0 Å². The van der Waals surface area contributed by atoms with Crippen molar-refractivity contribution in [1.82, 2.24) is 0 Å². The topological polar surface area (TPSA) is 17.1 Å². The standard InChI is InChI=1S/C12H8BrClOS/c1-7-9(4-5-16-7)12(15)10-6-8(14)2-3-11(10)13/h2-6H,1H3. The van der Waals surface area contributed by atoms with Crippen molar-refractivity contribution in [3.8, 4) is 0 Å². The van der Waals surface area contributed by atoms with Crippen LogP contribution in [0.15, 0.2) is 34.1 Å². The molecular formula is C12H8BrClOS. The van der Waals surface area contributed by atoms with Crippen LogP contribution in [0.5, 0.6) is 0 Å². The van der Waals surface area contributed by atoms with Gasteiger partial charge >= 0.3 is 0 Å². The van der Waals surface area contributed by atoms with Crippen molar-refractivity contribution in [2.24, 2.45) is 0 Å². The average Bonchev–Trinajstić information content (AvgIpc) is 2.67. The van der Waals surface area contributed by atoms with Gasteiger partial charge in [0.2, 0.25) is 0 Å². The summed E-state index contributed by atoms with van der Waals surface area (Å²) in [6.07, 6.45) is 0. The number of carbonyl (C=O) groups excluding carboxylic acids is 1. The zero-order chi connectivity index (χ0) is 11.7. The van der Waals surface area contributed by atoms with E-state index in [0.717, 1.165) is 14.9 Å². The molecule has 0 N–H and O–H groups in total. The third-order valence-electron chi connectivity index (χ3n) is 2.28. The van der Waals surface area contributed by atoms with Crippen LogP contribution in [0.2, 0.25) is 5.02 Å². The highest BCUT2D eigenvalue weighted by Crippen LogP contribution is 2.26. The van der Waals surface area contributed by atoms with Crippen molar-refractivity contribution in [3.05, 3.63) is 55.1 Å². The lowest BCUT2D eigenvalue weighted by atomic mass is 10.0. The third kappa shape index (κ3) is 2.21. The number of hydrogen-bond donors (Lipinski definition) is 0. The van der Waals surface area contributed by atoms with Crippen LogP contribution in [0.4, 0.5) is 0 Å². The molecule has 1 heterocycles. The Morgan fingerprint density at radius 1 is 1.31 bits per heavy atom. The van der Waals surface area contributed by atoms with Crippen LogP contribution in [0.25, 0.3) is 0 Å². The van der Waals surface area contributed by atoms with Gasteiger partial charge in [0.15, 0.2) is 5.78 Å². The Hall–Kier alpha value is -0.640. The Balaban J connectivity index is 2.49. The van der Waals surface area contributed by atoms with Crippen molar-refractivity contribution < 1.29 is 4.79 Å². The summed E-state index contributed by atoms with van der Waals surface area (Å²) >= 11 is 10.8. The molecule has 0 unspecified atom stereocenters. The lowest BCUT2D eigenvalue weighted by Crippen LogP contribution is -2.02. The summed E-state index contributed by atoms with van der Waals surface area (Å²) in [5.41, 5.74) is 1.35. The highest BCUT2D eigenvalue weighted by atomic mass is 79.9. The summed E-state index contributed by atoms with van der Waals surface area (Å²) in [6, 6.07) is 7.07. The number of carbonyl (C=O) groups is 1. The molecule has 0 aliphatic carbocycles. The van der Waals surface area contributed by atoms with Crippen LogP contribution in [0.1, 0.15) is 20.8 Å². The van der Waals surface area contributed by atoms with E-state index in [-0.39, 0.29) is 5.78 Å². The Morgan fingerprint density at radius 3 is 2.69 bits per heavy atom. The van der Waals surface area contributed by atoms with Gasteiger partial charge < -0.3 is 0 Å². The first-order valence-corrected chi connectivity index (χ1v) is 6.68. The first-order valence-electron chi connectivity index (χ1n) is 4.63. The molecule has 16 heavy (non-hydrogen) atoms. The summed E-state index contributed by atoms with van der Waals surface area (Å²) < 4.78 is 0.771. The molecule has 0 fully saturated rings. The maximum Gasteiger partial charge on any atom is 0.195 e. The van der Waals surface area contributed by atoms with E-state index in [1.54, 1.807) is 29.5 Å². The zero-order valence-corrected chi connectivity index (χ0v) is 11.6. The number of thiophene rings is 1. The first kappa shape index (κ1) is 11.8. The molecule has 1 nitrogen and oxygen atoms in total. The van der Waals surface area contributed by atoms with E-state index >= 15 is 0 Å². The predicted molar refractivity (Wildman–Crippen MR) is 71.6 cm³/mol. The summed E-state index contributed by atoms with van der Waals surface area (Å²) in [5, 5.41) is 2.49. The third-order valence-corrected chi connectivity index (χ3v) is 4.05. The number of benzene rings is 1. The molecule has 0 aliphatic heterocycles. The average molecular weight is 316 g/mol. The molecule has 0 atom stereocenters. The Bertz CT molecular complexity index is 548. The second-order valence-electron chi connectivity index (χ2n) is 3.34. The van der Waals surface area contributed by atoms with Gasteiger partial charge in [0, 0.05) is 25.5 Å². The molecule has 0 saturated carbocycles. The second-order valence-corrected chi connectivity index (χ2v) is 5.75. The largest absolute Gasteiger partial charge is 0.289 e. The summed E-state index contributed by atoms with van der Waals surface area (Å²) in [4.78, 5) is 13.2. The molecule has 1 aromatic heterocycles. The van der Waals surface area contributed by atoms with Crippen LogP contribution >= 0.6 is 38.9 Å². The van der Waals surface area contributed by atoms with Crippen molar-refractivity contribution in [2.45, 2.75) is 6.92 Å². The monoisotopic (exact) mass is 314 g/mol. The van der Waals surface area contributed by atoms with Crippen LogP contribution in [0, 0.1) is 6.92 Å². The first-order chi connectivity index (χ1) is 7.59. The van der Waals surface area contributed by atoms with Crippen molar-refractivity contribution in [1.29, 1.82) is 0 Å². The Labute approximate surface area is 111 Å². The molecular weight excluding hydrogens is 308 g/mol. The second kappa shape index (κ2) is 4.70. The van der Waals surface area contributed by atoms with Gasteiger partial charge in [-0.15, -0.1) is 11.3 Å². The van der Waals surface area contributed by atoms with E-state index in [4.69, 9.17) is 11.6 Å². The van der Waals surface area contributed by atoms with Gasteiger partial charge in [-0.2, -0.15) is 0 Å². The van der Waals surface area contributed by atoms with E-state index in [0.29, 0.717) is 10.6 Å². The normalized spacial score (nSPS) is 10.4. The van der Waals surface area contributed by atoms with E-state index in [2.05, 4.69) is 15.9 Å². The molecule has 2 aromatic rings. The van der Waals surface area contributed by atoms with Crippen LogP contribution in [0.3, 0.4) is 0 Å². The lowest BCUT2D eigenvalue weighted by molar-refractivity contribution is 0.103. The maximum absolute atomic E-state index is 12.2. The van der Waals surface area contributed by atoms with Gasteiger partial charge in [-0.05, 0) is 36.6 Å². The van der Waals surface area contributed by atoms with Gasteiger partial charge in [-0.25, -0.2) is 0 Å². The molecule has 0 radical (unpaired) electrons. The van der Waals surface area contributed by atoms with Crippen LogP contribution in [-0.4, -0.2) is 5.78 Å². The van der Waals surface area contributed by atoms with Crippen LogP contribution < -0.4 is 0 Å². The highest BCUT2D eigenvalue weighted by Gasteiger charge is 2.15. The quantitative estimate of drug-likeness (QED) is 0.734. The molecule has 0 amide bonds. The molecule has 0 bridgehead atoms. The van der Waals surface area contributed by atoms with Crippen molar-refractivity contribution >= 4 is 44.7 Å². The molecule has 1 aromatic carbocycles. The van der Waals surface area contributed by atoms with E-state index in [1.807, 2.05) is 18.4 Å². The van der Waals surface area contributed by atoms with Gasteiger partial charge in [0.1, 0.15) is 0 Å². The molecule has 4 heteroatoms. The summed E-state index contributed by atoms with van der Waals surface area (Å²) in [5.74, 6) is 0.00752. The van der Waals surface area contributed by atoms with E-state index < -0.39 is 0 Å². The van der Waals surface area contributed by atoms with Crippen molar-refractivity contribution in [3.63, 3.8) is 0 Å². The highest BCUT2D eigenvalue weighted by molar-refractivity contribution is 9.10. The number of halogens is 2. The van der Waals surface area contributed by atoms with Gasteiger partial charge in [-0.1, -0.05) is 27.5 Å². The molecule has 0 aliphatic rings. The van der Waals surface area contributed by atoms with E-state index in [1.165, 1.54) is 0 Å². The van der Waals surface area contributed by atoms with E-state index in [9.17, 15) is 4.79 Å². The Morgan fingerprint density at radius 2 is 2.06 bits per heavy atom. The minimum absolute atomic E-state index is 0.00752. The van der Waals surface area contributed by atoms with Gasteiger partial charge in [0.25, 0.3) is 0 Å².